The third-order valence-corrected chi connectivity index (χ3v) is 8.58. The average molecular weight is 629 g/mol. The van der Waals surface area contributed by atoms with Gasteiger partial charge >= 0.3 is 5.97 Å². The molecule has 0 aliphatic heterocycles. The number of aryl methyl sites for hydroxylation is 2. The van der Waals surface area contributed by atoms with Crippen LogP contribution in [0.2, 0.25) is 0 Å². The predicted octanol–water partition coefficient (Wildman–Crippen LogP) is 1.99. The zero-order valence-electron chi connectivity index (χ0n) is 24.6. The van der Waals surface area contributed by atoms with E-state index in [-0.39, 0.29) is 24.4 Å². The van der Waals surface area contributed by atoms with Crippen LogP contribution in [0.5, 0.6) is 0 Å². The van der Waals surface area contributed by atoms with E-state index in [1.807, 2.05) is 0 Å². The number of hydrogen-bond acceptors (Lipinski definition) is 8. The fraction of sp³-hybridized carbons (Fsp3) is 0.188. The number of pyridine rings is 1. The van der Waals surface area contributed by atoms with Gasteiger partial charge in [0.1, 0.15) is 11.7 Å². The van der Waals surface area contributed by atoms with Crippen molar-refractivity contribution in [3.05, 3.63) is 107 Å². The van der Waals surface area contributed by atoms with Gasteiger partial charge in [0.05, 0.1) is 27.6 Å². The Bertz CT molecular complexity index is 1890. The van der Waals surface area contributed by atoms with Crippen molar-refractivity contribution in [1.82, 2.24) is 24.8 Å². The Morgan fingerprint density at radius 1 is 1.00 bits per heavy atom. The van der Waals surface area contributed by atoms with Crippen molar-refractivity contribution in [1.29, 1.82) is 0 Å². The van der Waals surface area contributed by atoms with Gasteiger partial charge in [-0.1, -0.05) is 36.1 Å². The molecule has 2 aromatic carbocycles. The van der Waals surface area contributed by atoms with Crippen molar-refractivity contribution >= 4 is 38.5 Å². The summed E-state index contributed by atoms with van der Waals surface area (Å²) >= 11 is 0. The van der Waals surface area contributed by atoms with Gasteiger partial charge in [0.25, 0.3) is 11.8 Å². The van der Waals surface area contributed by atoms with Gasteiger partial charge in [0.2, 0.25) is 0 Å². The highest BCUT2D eigenvalue weighted by atomic mass is 32.2. The molecule has 0 bridgehead atoms. The zero-order chi connectivity index (χ0) is 32.4. The number of rotatable bonds is 11. The minimum absolute atomic E-state index is 0.109. The van der Waals surface area contributed by atoms with Crippen LogP contribution < -0.4 is 15.4 Å². The number of carboxylic acid groups (broad SMARTS) is 1. The molecule has 232 valence electrons. The number of aromatic nitrogens is 3. The van der Waals surface area contributed by atoms with Gasteiger partial charge < -0.3 is 20.8 Å². The van der Waals surface area contributed by atoms with Gasteiger partial charge in [-0.2, -0.15) is 5.10 Å². The molecule has 0 fully saturated rings. The highest BCUT2D eigenvalue weighted by molar-refractivity contribution is 8.00. The SMILES string of the molecule is Cc1cc(C(=O)Nc2cccc(C#Cc3cncc(C(=O)NS(=O)(=CCCNC(CO)C(=O)O)c4ccccc4)c3)c2)n(C)n1. The van der Waals surface area contributed by atoms with E-state index in [9.17, 15) is 23.7 Å². The lowest BCUT2D eigenvalue weighted by atomic mass is 10.1. The summed E-state index contributed by atoms with van der Waals surface area (Å²) in [5, 5.41) is 29.4. The van der Waals surface area contributed by atoms with Crippen molar-refractivity contribution in [2.75, 3.05) is 18.5 Å². The number of carbonyl (C=O) groups excluding carboxylic acids is 2. The topological polar surface area (TPSA) is 176 Å². The number of anilines is 1. The second-order valence-electron chi connectivity index (χ2n) is 9.87. The lowest BCUT2D eigenvalue weighted by Crippen LogP contribution is -2.40. The number of aliphatic carboxylic acids is 1. The normalized spacial score (nSPS) is 12.6. The minimum Gasteiger partial charge on any atom is -0.480 e. The molecule has 4 rings (SSSR count). The molecule has 4 aromatic rings. The second kappa shape index (κ2) is 14.9. The summed E-state index contributed by atoms with van der Waals surface area (Å²) in [5.41, 5.74) is 2.89. The Kier molecular flexibility index (Phi) is 10.8. The largest absolute Gasteiger partial charge is 0.480 e. The van der Waals surface area contributed by atoms with Crippen molar-refractivity contribution in [2.45, 2.75) is 24.3 Å². The maximum absolute atomic E-state index is 14.0. The summed E-state index contributed by atoms with van der Waals surface area (Å²) in [7, 11) is -1.53. The molecule has 5 N–H and O–H groups in total. The first kappa shape index (κ1) is 32.6. The predicted molar refractivity (Wildman–Crippen MR) is 170 cm³/mol. The lowest BCUT2D eigenvalue weighted by molar-refractivity contribution is -0.140. The molecule has 13 heteroatoms. The summed E-state index contributed by atoms with van der Waals surface area (Å²) in [6.45, 7) is 1.32. The molecular formula is C32H32N6O6S. The number of nitrogens with one attached hydrogen (secondary N) is 3. The Morgan fingerprint density at radius 3 is 2.44 bits per heavy atom. The standard InChI is InChI=1S/C32H32N6O6S/c1-22-16-29(38(2)36-22)31(41)35-26-9-6-8-23(18-26)12-13-24-17-25(20-33-19-24)30(40)37-45(44,27-10-4-3-5-11-27)15-7-14-34-28(21-39)32(42)43/h3-6,8-11,15-20,28,34,39H,7,14,21H2,1-2H3,(H,35,41)(H,42,43)(H,37,40,44). The second-order valence-corrected chi connectivity index (χ2v) is 12.1. The van der Waals surface area contributed by atoms with Crippen LogP contribution in [0.4, 0.5) is 5.69 Å². The maximum Gasteiger partial charge on any atom is 0.323 e. The number of nitrogens with zero attached hydrogens (tertiary/aromatic N) is 3. The van der Waals surface area contributed by atoms with E-state index in [1.54, 1.807) is 74.6 Å². The molecule has 2 heterocycles. The number of benzene rings is 2. The van der Waals surface area contributed by atoms with Crippen molar-refractivity contribution in [3.8, 4) is 11.8 Å². The van der Waals surface area contributed by atoms with Gasteiger partial charge in [0, 0.05) is 47.7 Å². The van der Waals surface area contributed by atoms with Crippen LogP contribution in [0.1, 0.15) is 44.1 Å². The van der Waals surface area contributed by atoms with Crippen LogP contribution in [0.15, 0.2) is 84.0 Å². The molecule has 0 saturated carbocycles. The van der Waals surface area contributed by atoms with Crippen LogP contribution >= 0.6 is 0 Å². The third kappa shape index (κ3) is 8.87. The first-order chi connectivity index (χ1) is 21.6. The Hall–Kier alpha value is -5.29. The molecule has 2 unspecified atom stereocenters. The molecule has 2 atom stereocenters. The van der Waals surface area contributed by atoms with E-state index in [4.69, 9.17) is 5.11 Å². The minimum atomic E-state index is -3.22. The number of carbonyl (C=O) groups is 3. The number of aliphatic hydroxyl groups is 1. The summed E-state index contributed by atoms with van der Waals surface area (Å²) in [6, 6.07) is 17.4. The van der Waals surface area contributed by atoms with Crippen LogP contribution in [-0.4, -0.2) is 71.5 Å². The quantitative estimate of drug-likeness (QED) is 0.0945. The first-order valence-corrected chi connectivity index (χ1v) is 15.4. The number of hydrogen-bond donors (Lipinski definition) is 5. The van der Waals surface area contributed by atoms with E-state index >= 15 is 0 Å². The smallest absolute Gasteiger partial charge is 0.323 e. The van der Waals surface area contributed by atoms with Crippen molar-refractivity contribution in [2.24, 2.45) is 7.05 Å². The van der Waals surface area contributed by atoms with E-state index in [2.05, 4.69) is 37.3 Å². The zero-order valence-corrected chi connectivity index (χ0v) is 25.4. The molecule has 0 aliphatic rings. The van der Waals surface area contributed by atoms with Crippen LogP contribution in [0.3, 0.4) is 0 Å². The van der Waals surface area contributed by atoms with Crippen molar-refractivity contribution < 1.29 is 28.8 Å². The number of amides is 2. The van der Waals surface area contributed by atoms with E-state index in [1.165, 1.54) is 28.5 Å². The van der Waals surface area contributed by atoms with Gasteiger partial charge in [-0.25, -0.2) is 4.21 Å². The van der Waals surface area contributed by atoms with Gasteiger partial charge in [0.15, 0.2) is 0 Å². The van der Waals surface area contributed by atoms with E-state index < -0.39 is 34.2 Å². The van der Waals surface area contributed by atoms with Crippen LogP contribution in [0, 0.1) is 18.8 Å². The number of aliphatic hydroxyl groups excluding tert-OH is 1. The lowest BCUT2D eigenvalue weighted by Gasteiger charge is -2.15. The fourth-order valence-corrected chi connectivity index (χ4v) is 6.00. The maximum atomic E-state index is 14.0. The first-order valence-electron chi connectivity index (χ1n) is 13.8. The molecule has 0 saturated heterocycles. The summed E-state index contributed by atoms with van der Waals surface area (Å²) in [4.78, 5) is 41.5. The monoisotopic (exact) mass is 628 g/mol. The molecule has 0 radical (unpaired) electrons. The molecule has 0 aliphatic carbocycles. The summed E-state index contributed by atoms with van der Waals surface area (Å²) in [5.74, 6) is 3.82. The fourth-order valence-electron chi connectivity index (χ4n) is 4.20. The van der Waals surface area contributed by atoms with Crippen LogP contribution in [-0.2, 0) is 21.5 Å². The highest BCUT2D eigenvalue weighted by Gasteiger charge is 2.18. The Balaban J connectivity index is 1.49. The van der Waals surface area contributed by atoms with Gasteiger partial charge in [-0.05, 0) is 61.2 Å². The highest BCUT2D eigenvalue weighted by Crippen LogP contribution is 2.14. The third-order valence-electron chi connectivity index (χ3n) is 6.41. The summed E-state index contributed by atoms with van der Waals surface area (Å²) < 4.78 is 18.1. The Labute approximate surface area is 260 Å². The Morgan fingerprint density at radius 2 is 1.76 bits per heavy atom. The van der Waals surface area contributed by atoms with E-state index in [0.29, 0.717) is 27.4 Å². The molecule has 2 aromatic heterocycles. The molecule has 2 amide bonds. The number of carboxylic acids is 1. The average Bonchev–Trinajstić information content (AvgIpc) is 3.38. The molecule has 0 spiro atoms. The molecule has 45 heavy (non-hydrogen) atoms. The summed E-state index contributed by atoms with van der Waals surface area (Å²) in [6.07, 6.45) is 2.97. The molecular weight excluding hydrogens is 596 g/mol. The van der Waals surface area contributed by atoms with E-state index in [0.717, 1.165) is 5.69 Å². The van der Waals surface area contributed by atoms with Crippen molar-refractivity contribution in [3.63, 3.8) is 0 Å². The van der Waals surface area contributed by atoms with Crippen LogP contribution in [0.25, 0.3) is 0 Å². The molecule has 12 nitrogen and oxygen atoms in total. The van der Waals surface area contributed by atoms with Gasteiger partial charge in [-0.3, -0.25) is 28.8 Å². The van der Waals surface area contributed by atoms with Gasteiger partial charge in [-0.15, -0.1) is 0 Å².